The van der Waals surface area contributed by atoms with Crippen molar-refractivity contribution in [2.24, 2.45) is 0 Å². The lowest BCUT2D eigenvalue weighted by Gasteiger charge is -2.15. The molecule has 1 aromatic heterocycles. The maximum atomic E-state index is 4.66. The van der Waals surface area contributed by atoms with E-state index in [1.165, 1.54) is 15.6 Å². The second kappa shape index (κ2) is 7.09. The largest absolute Gasteiger partial charge is 0.310 e. The summed E-state index contributed by atoms with van der Waals surface area (Å²) in [4.78, 5) is 8.44. The molecule has 1 heterocycles. The van der Waals surface area contributed by atoms with Crippen molar-refractivity contribution in [1.29, 1.82) is 0 Å². The van der Waals surface area contributed by atoms with Gasteiger partial charge in [0.1, 0.15) is 5.01 Å². The third-order valence-electron chi connectivity index (χ3n) is 2.86. The van der Waals surface area contributed by atoms with E-state index in [0.29, 0.717) is 6.04 Å². The second-order valence-corrected chi connectivity index (χ2v) is 5.78. The van der Waals surface area contributed by atoms with Crippen LogP contribution in [0.4, 0.5) is 0 Å². The van der Waals surface area contributed by atoms with Gasteiger partial charge in [0.25, 0.3) is 0 Å². The summed E-state index contributed by atoms with van der Waals surface area (Å²) in [6.07, 6.45) is 0. The van der Waals surface area contributed by atoms with Gasteiger partial charge >= 0.3 is 0 Å². The third kappa shape index (κ3) is 4.74. The topological polar surface area (TPSA) is 28.2 Å². The van der Waals surface area contributed by atoms with Gasteiger partial charge < -0.3 is 5.32 Å². The molecule has 0 saturated heterocycles. The molecule has 17 heavy (non-hydrogen) atoms. The van der Waals surface area contributed by atoms with Gasteiger partial charge in [0.05, 0.1) is 12.2 Å². The molecule has 0 aliphatic heterocycles. The van der Waals surface area contributed by atoms with Crippen LogP contribution in [0.5, 0.6) is 0 Å². The highest BCUT2D eigenvalue weighted by molar-refractivity contribution is 7.11. The van der Waals surface area contributed by atoms with Crippen LogP contribution >= 0.6 is 11.3 Å². The Morgan fingerprint density at radius 3 is 2.47 bits per heavy atom. The molecule has 0 spiro atoms. The normalized spacial score (nSPS) is 11.7. The highest BCUT2D eigenvalue weighted by atomic mass is 32.1. The first-order valence-corrected chi connectivity index (χ1v) is 7.29. The molecule has 3 nitrogen and oxygen atoms in total. The molecule has 0 unspecified atom stereocenters. The first-order valence-electron chi connectivity index (χ1n) is 6.47. The van der Waals surface area contributed by atoms with Gasteiger partial charge in [-0.3, -0.25) is 4.90 Å². The molecule has 0 fully saturated rings. The lowest BCUT2D eigenvalue weighted by atomic mass is 10.3. The molecule has 0 atom stereocenters. The molecule has 0 aliphatic carbocycles. The van der Waals surface area contributed by atoms with Crippen LogP contribution in [0.25, 0.3) is 0 Å². The highest BCUT2D eigenvalue weighted by Crippen LogP contribution is 2.19. The van der Waals surface area contributed by atoms with Crippen molar-refractivity contribution in [3.8, 4) is 0 Å². The fourth-order valence-corrected chi connectivity index (χ4v) is 2.72. The Morgan fingerprint density at radius 2 is 1.94 bits per heavy atom. The van der Waals surface area contributed by atoms with Crippen LogP contribution in [-0.2, 0) is 13.1 Å². The molecule has 1 N–H and O–H groups in total. The zero-order chi connectivity index (χ0) is 12.8. The number of hydrogen-bond acceptors (Lipinski definition) is 4. The van der Waals surface area contributed by atoms with Crippen LogP contribution in [0.2, 0.25) is 0 Å². The van der Waals surface area contributed by atoms with Gasteiger partial charge in [0, 0.05) is 17.5 Å². The molecule has 0 aromatic carbocycles. The Balaban J connectivity index is 2.60. The molecule has 0 aliphatic rings. The molecule has 0 amide bonds. The van der Waals surface area contributed by atoms with Gasteiger partial charge in [-0.05, 0) is 20.0 Å². The summed E-state index contributed by atoms with van der Waals surface area (Å²) in [6.45, 7) is 15.0. The van der Waals surface area contributed by atoms with Crippen molar-refractivity contribution < 1.29 is 0 Å². The first-order chi connectivity index (χ1) is 8.06. The number of nitrogens with zero attached hydrogens (tertiary/aromatic N) is 2. The van der Waals surface area contributed by atoms with Crippen molar-refractivity contribution in [2.75, 3.05) is 13.1 Å². The Kier molecular flexibility index (Phi) is 6.09. The van der Waals surface area contributed by atoms with Crippen molar-refractivity contribution in [3.05, 3.63) is 15.6 Å². The van der Waals surface area contributed by atoms with Gasteiger partial charge in [-0.25, -0.2) is 4.98 Å². The van der Waals surface area contributed by atoms with Crippen LogP contribution in [0.3, 0.4) is 0 Å². The fraction of sp³-hybridized carbons (Fsp3) is 0.769. The lowest BCUT2D eigenvalue weighted by Crippen LogP contribution is -2.22. The summed E-state index contributed by atoms with van der Waals surface area (Å²) in [5, 5.41) is 4.70. The average molecular weight is 255 g/mol. The molecule has 98 valence electrons. The lowest BCUT2D eigenvalue weighted by molar-refractivity contribution is 0.295. The Labute approximate surface area is 109 Å². The third-order valence-corrected chi connectivity index (χ3v) is 4.00. The van der Waals surface area contributed by atoms with Gasteiger partial charge in [-0.15, -0.1) is 11.3 Å². The second-order valence-electron chi connectivity index (χ2n) is 4.61. The standard InChI is InChI=1S/C13H25N3S/c1-6-16(7-2)9-13-15-11(5)12(17-13)8-14-10(3)4/h10,14H,6-9H2,1-5H3. The zero-order valence-corrected chi connectivity index (χ0v) is 12.5. The number of hydrogen-bond donors (Lipinski definition) is 1. The molecule has 0 radical (unpaired) electrons. The Morgan fingerprint density at radius 1 is 1.29 bits per heavy atom. The van der Waals surface area contributed by atoms with Crippen LogP contribution in [0.1, 0.15) is 43.3 Å². The SMILES string of the molecule is CCN(CC)Cc1nc(C)c(CNC(C)C)s1. The van der Waals surface area contributed by atoms with Gasteiger partial charge in [0.2, 0.25) is 0 Å². The minimum Gasteiger partial charge on any atom is -0.310 e. The quantitative estimate of drug-likeness (QED) is 0.812. The Hall–Kier alpha value is -0.450. The molecule has 0 saturated carbocycles. The van der Waals surface area contributed by atoms with Crippen molar-refractivity contribution in [1.82, 2.24) is 15.2 Å². The predicted molar refractivity (Wildman–Crippen MR) is 75.5 cm³/mol. The number of nitrogens with one attached hydrogen (secondary N) is 1. The van der Waals surface area contributed by atoms with Crippen molar-refractivity contribution in [2.45, 2.75) is 53.8 Å². The maximum absolute atomic E-state index is 4.66. The van der Waals surface area contributed by atoms with Gasteiger partial charge in [-0.1, -0.05) is 27.7 Å². The summed E-state index contributed by atoms with van der Waals surface area (Å²) in [7, 11) is 0. The van der Waals surface area contributed by atoms with Crippen molar-refractivity contribution >= 4 is 11.3 Å². The summed E-state index contributed by atoms with van der Waals surface area (Å²) >= 11 is 1.85. The molecular formula is C13H25N3S. The minimum atomic E-state index is 0.530. The number of rotatable bonds is 7. The van der Waals surface area contributed by atoms with E-state index in [9.17, 15) is 0 Å². The van der Waals surface area contributed by atoms with Crippen LogP contribution in [-0.4, -0.2) is 29.0 Å². The molecule has 1 aromatic rings. The zero-order valence-electron chi connectivity index (χ0n) is 11.7. The molecule has 0 bridgehead atoms. The number of aromatic nitrogens is 1. The average Bonchev–Trinajstić information content (AvgIpc) is 2.64. The van der Waals surface area contributed by atoms with E-state index in [1.54, 1.807) is 0 Å². The summed E-state index contributed by atoms with van der Waals surface area (Å²) in [5.74, 6) is 0. The molecular weight excluding hydrogens is 230 g/mol. The summed E-state index contributed by atoms with van der Waals surface area (Å²) < 4.78 is 0. The van der Waals surface area contributed by atoms with E-state index in [2.05, 4.69) is 49.8 Å². The van der Waals surface area contributed by atoms with E-state index in [0.717, 1.165) is 26.2 Å². The highest BCUT2D eigenvalue weighted by Gasteiger charge is 2.10. The summed E-state index contributed by atoms with van der Waals surface area (Å²) in [5.41, 5.74) is 1.19. The minimum absolute atomic E-state index is 0.530. The number of aryl methyl sites for hydroxylation is 1. The number of thiazole rings is 1. The first kappa shape index (κ1) is 14.6. The van der Waals surface area contributed by atoms with Gasteiger partial charge in [0.15, 0.2) is 0 Å². The van der Waals surface area contributed by atoms with Crippen LogP contribution < -0.4 is 5.32 Å². The molecule has 4 heteroatoms. The fourth-order valence-electron chi connectivity index (χ4n) is 1.66. The maximum Gasteiger partial charge on any atom is 0.107 e. The van der Waals surface area contributed by atoms with E-state index in [4.69, 9.17) is 0 Å². The summed E-state index contributed by atoms with van der Waals surface area (Å²) in [6, 6.07) is 0.530. The molecule has 1 rings (SSSR count). The van der Waals surface area contributed by atoms with E-state index in [1.807, 2.05) is 11.3 Å². The predicted octanol–water partition coefficient (Wildman–Crippen LogP) is 2.79. The van der Waals surface area contributed by atoms with Crippen LogP contribution in [0.15, 0.2) is 0 Å². The van der Waals surface area contributed by atoms with Crippen LogP contribution in [0, 0.1) is 6.92 Å². The monoisotopic (exact) mass is 255 g/mol. The van der Waals surface area contributed by atoms with Crippen molar-refractivity contribution in [3.63, 3.8) is 0 Å². The van der Waals surface area contributed by atoms with E-state index < -0.39 is 0 Å². The van der Waals surface area contributed by atoms with Gasteiger partial charge in [-0.2, -0.15) is 0 Å². The Bertz CT molecular complexity index is 329. The van der Waals surface area contributed by atoms with E-state index in [-0.39, 0.29) is 0 Å². The van der Waals surface area contributed by atoms with E-state index >= 15 is 0 Å². The smallest absolute Gasteiger partial charge is 0.107 e.